The van der Waals surface area contributed by atoms with Gasteiger partial charge in [0.2, 0.25) is 5.82 Å². The fourth-order valence-corrected chi connectivity index (χ4v) is 3.27. The molecule has 1 N–H and O–H groups in total. The number of halogens is 3. The van der Waals surface area contributed by atoms with E-state index in [0.717, 1.165) is 16.3 Å². The Kier molecular flexibility index (Phi) is 4.23. The smallest absolute Gasteiger partial charge is 0.451 e. The quantitative estimate of drug-likeness (QED) is 0.562. The van der Waals surface area contributed by atoms with Gasteiger partial charge in [-0.3, -0.25) is 0 Å². The van der Waals surface area contributed by atoms with E-state index in [1.165, 1.54) is 19.2 Å². The molecule has 0 fully saturated rings. The predicted molar refractivity (Wildman–Crippen MR) is 84.5 cm³/mol. The SMILES string of the molecule is Cc1c(O)ccc2c(CSc3nnc(C(F)(F)F)n3C)cc(=O)oc12. The van der Waals surface area contributed by atoms with Gasteiger partial charge in [0.25, 0.3) is 0 Å². The molecule has 10 heteroatoms. The Balaban J connectivity index is 1.96. The highest BCUT2D eigenvalue weighted by Crippen LogP contribution is 2.32. The summed E-state index contributed by atoms with van der Waals surface area (Å²) in [7, 11) is 1.23. The van der Waals surface area contributed by atoms with Crippen LogP contribution in [0.3, 0.4) is 0 Å². The lowest BCUT2D eigenvalue weighted by molar-refractivity contribution is -0.147. The number of hydrogen-bond donors (Lipinski definition) is 1. The molecule has 132 valence electrons. The van der Waals surface area contributed by atoms with Crippen LogP contribution in [0.25, 0.3) is 11.0 Å². The van der Waals surface area contributed by atoms with Crippen molar-refractivity contribution in [3.8, 4) is 5.75 Å². The van der Waals surface area contributed by atoms with Gasteiger partial charge < -0.3 is 14.1 Å². The van der Waals surface area contributed by atoms with E-state index in [1.807, 2.05) is 0 Å². The molecule has 0 aliphatic carbocycles. The molecule has 2 heterocycles. The van der Waals surface area contributed by atoms with Crippen LogP contribution in [0.2, 0.25) is 0 Å². The molecule has 3 aromatic rings. The summed E-state index contributed by atoms with van der Waals surface area (Å²) >= 11 is 1.02. The number of hydrogen-bond acceptors (Lipinski definition) is 6. The van der Waals surface area contributed by atoms with Crippen molar-refractivity contribution < 1.29 is 22.7 Å². The lowest BCUT2D eigenvalue weighted by Crippen LogP contribution is -2.13. The molecule has 0 bridgehead atoms. The number of thioether (sulfide) groups is 1. The first-order valence-electron chi connectivity index (χ1n) is 7.03. The second kappa shape index (κ2) is 6.10. The second-order valence-corrected chi connectivity index (χ2v) is 6.27. The van der Waals surface area contributed by atoms with E-state index >= 15 is 0 Å². The predicted octanol–water partition coefficient (Wildman–Crippen LogP) is 3.25. The lowest BCUT2D eigenvalue weighted by atomic mass is 10.1. The van der Waals surface area contributed by atoms with Crippen molar-refractivity contribution in [2.24, 2.45) is 7.05 Å². The molecular formula is C15H12F3N3O3S. The summed E-state index contributed by atoms with van der Waals surface area (Å²) in [6, 6.07) is 4.33. The van der Waals surface area contributed by atoms with Crippen molar-refractivity contribution in [3.05, 3.63) is 45.6 Å². The number of nitrogens with zero attached hydrogens (tertiary/aromatic N) is 3. The number of phenols is 1. The zero-order valence-corrected chi connectivity index (χ0v) is 13.9. The Hall–Kier alpha value is -2.49. The summed E-state index contributed by atoms with van der Waals surface area (Å²) in [4.78, 5) is 11.7. The molecule has 0 atom stereocenters. The maximum atomic E-state index is 12.8. The first-order valence-corrected chi connectivity index (χ1v) is 8.01. The zero-order valence-electron chi connectivity index (χ0n) is 13.1. The molecular weight excluding hydrogens is 359 g/mol. The van der Waals surface area contributed by atoms with Crippen LogP contribution in [0.1, 0.15) is 17.0 Å². The van der Waals surface area contributed by atoms with Gasteiger partial charge in [0.1, 0.15) is 11.3 Å². The fraction of sp³-hybridized carbons (Fsp3) is 0.267. The number of phenolic OH excluding ortho intramolecular Hbond substituents is 1. The van der Waals surface area contributed by atoms with Gasteiger partial charge >= 0.3 is 11.8 Å². The average Bonchev–Trinajstić information content (AvgIpc) is 2.90. The van der Waals surface area contributed by atoms with Gasteiger partial charge in [0.05, 0.1) is 0 Å². The molecule has 2 aromatic heterocycles. The Bertz CT molecular complexity index is 1010. The summed E-state index contributed by atoms with van der Waals surface area (Å²) in [5.41, 5.74) is 0.623. The third-order valence-corrected chi connectivity index (χ3v) is 4.73. The fourth-order valence-electron chi connectivity index (χ4n) is 2.36. The van der Waals surface area contributed by atoms with Crippen LogP contribution < -0.4 is 5.63 Å². The summed E-state index contributed by atoms with van der Waals surface area (Å²) < 4.78 is 44.3. The van der Waals surface area contributed by atoms with Crippen LogP contribution in [-0.2, 0) is 19.0 Å². The second-order valence-electron chi connectivity index (χ2n) is 5.33. The maximum absolute atomic E-state index is 12.8. The molecule has 6 nitrogen and oxygen atoms in total. The standard InChI is InChI=1S/C15H12F3N3O3S/c1-7-10(22)4-3-9-8(5-11(23)24-12(7)9)6-25-14-20-19-13(21(14)2)15(16,17)18/h3-5,22H,6H2,1-2H3. The average molecular weight is 371 g/mol. The molecule has 3 rings (SSSR count). The zero-order chi connectivity index (χ0) is 18.4. The normalized spacial score (nSPS) is 12.0. The van der Waals surface area contributed by atoms with Crippen LogP contribution in [0.15, 0.2) is 32.6 Å². The van der Waals surface area contributed by atoms with Crippen molar-refractivity contribution in [1.29, 1.82) is 0 Å². The topological polar surface area (TPSA) is 81.2 Å². The van der Waals surface area contributed by atoms with E-state index in [-0.39, 0.29) is 22.2 Å². The van der Waals surface area contributed by atoms with E-state index in [0.29, 0.717) is 16.5 Å². The number of benzene rings is 1. The Morgan fingerprint density at radius 1 is 1.32 bits per heavy atom. The van der Waals surface area contributed by atoms with Crippen LogP contribution in [-0.4, -0.2) is 19.9 Å². The molecule has 0 amide bonds. The van der Waals surface area contributed by atoms with Crippen molar-refractivity contribution in [3.63, 3.8) is 0 Å². The van der Waals surface area contributed by atoms with Gasteiger partial charge in [0, 0.05) is 29.8 Å². The van der Waals surface area contributed by atoms with Crippen LogP contribution in [0, 0.1) is 6.92 Å². The highest BCUT2D eigenvalue weighted by Gasteiger charge is 2.37. The van der Waals surface area contributed by atoms with Gasteiger partial charge in [-0.05, 0) is 24.6 Å². The monoisotopic (exact) mass is 371 g/mol. The minimum Gasteiger partial charge on any atom is -0.508 e. The summed E-state index contributed by atoms with van der Waals surface area (Å²) in [6.45, 7) is 1.61. The molecule has 25 heavy (non-hydrogen) atoms. The van der Waals surface area contributed by atoms with Gasteiger partial charge in [-0.15, -0.1) is 10.2 Å². The Labute approximate surface area is 143 Å². The minimum absolute atomic E-state index is 0.0106. The van der Waals surface area contributed by atoms with E-state index in [1.54, 1.807) is 13.0 Å². The molecule has 1 aromatic carbocycles. The van der Waals surface area contributed by atoms with Crippen molar-refractivity contribution in [2.45, 2.75) is 24.0 Å². The third-order valence-electron chi connectivity index (χ3n) is 3.66. The number of fused-ring (bicyclic) bond motifs is 1. The van der Waals surface area contributed by atoms with E-state index in [9.17, 15) is 23.1 Å². The molecule has 0 saturated carbocycles. The first kappa shape index (κ1) is 17.3. The van der Waals surface area contributed by atoms with Gasteiger partial charge in [-0.1, -0.05) is 11.8 Å². The molecule has 0 aliphatic heterocycles. The number of aryl methyl sites for hydroxylation is 1. The molecule has 0 radical (unpaired) electrons. The Morgan fingerprint density at radius 2 is 2.04 bits per heavy atom. The van der Waals surface area contributed by atoms with Crippen molar-refractivity contribution >= 4 is 22.7 Å². The highest BCUT2D eigenvalue weighted by atomic mass is 32.2. The van der Waals surface area contributed by atoms with Crippen molar-refractivity contribution in [2.75, 3.05) is 0 Å². The highest BCUT2D eigenvalue weighted by molar-refractivity contribution is 7.98. The van der Waals surface area contributed by atoms with Crippen LogP contribution >= 0.6 is 11.8 Å². The Morgan fingerprint density at radius 3 is 2.68 bits per heavy atom. The third kappa shape index (κ3) is 3.21. The van der Waals surface area contributed by atoms with E-state index in [4.69, 9.17) is 4.42 Å². The number of rotatable bonds is 3. The van der Waals surface area contributed by atoms with Gasteiger partial charge in [-0.2, -0.15) is 13.2 Å². The summed E-state index contributed by atoms with van der Waals surface area (Å²) in [6.07, 6.45) is -4.59. The summed E-state index contributed by atoms with van der Waals surface area (Å²) in [5, 5.41) is 17.1. The molecule has 0 aliphatic rings. The van der Waals surface area contributed by atoms with E-state index in [2.05, 4.69) is 10.2 Å². The first-order chi connectivity index (χ1) is 11.7. The molecule has 0 saturated heterocycles. The van der Waals surface area contributed by atoms with Crippen LogP contribution in [0.5, 0.6) is 5.75 Å². The largest absolute Gasteiger partial charge is 0.508 e. The lowest BCUT2D eigenvalue weighted by Gasteiger charge is -2.09. The number of aromatic hydroxyl groups is 1. The van der Waals surface area contributed by atoms with E-state index < -0.39 is 17.6 Å². The maximum Gasteiger partial charge on any atom is 0.451 e. The van der Waals surface area contributed by atoms with Crippen LogP contribution in [0.4, 0.5) is 13.2 Å². The number of aromatic nitrogens is 3. The summed E-state index contributed by atoms with van der Waals surface area (Å²) in [5.74, 6) is -0.910. The number of alkyl halides is 3. The molecule has 0 spiro atoms. The van der Waals surface area contributed by atoms with Gasteiger partial charge in [-0.25, -0.2) is 4.79 Å². The minimum atomic E-state index is -4.59. The van der Waals surface area contributed by atoms with Gasteiger partial charge in [0.15, 0.2) is 5.16 Å². The molecule has 0 unspecified atom stereocenters. The van der Waals surface area contributed by atoms with Crippen molar-refractivity contribution in [1.82, 2.24) is 14.8 Å².